The fraction of sp³-hybridized carbons (Fsp3) is 0.286. The average Bonchev–Trinajstić information content (AvgIpc) is 3.75. The second-order valence-electron chi connectivity index (χ2n) is 20.5. The summed E-state index contributed by atoms with van der Waals surface area (Å²) in [4.78, 5) is 18.0. The molecule has 1 aromatic heterocycles. The van der Waals surface area contributed by atoms with Crippen LogP contribution in [0.25, 0.3) is 0 Å². The van der Waals surface area contributed by atoms with E-state index < -0.39 is 33.6 Å². The minimum Gasteiger partial charge on any atom is -0.534 e. The van der Waals surface area contributed by atoms with Gasteiger partial charge in [-0.15, -0.1) is 0 Å². The summed E-state index contributed by atoms with van der Waals surface area (Å²) >= 11 is 0. The standard InChI is InChI=1S/C56H64N2O4Si2/c1-53(2,3)63(46-23-15-11-16-24-46,47-25-17-12-18-26-47)61-44-35-31-42(32-36-44)39-55(7,8)50-41-58(52(59)60)51(57-50)56(9,10)40-43-33-37-45(38-34-43)62-64(54(4,5)6,48-27-19-13-20-28-48)49-29-21-14-22-30-49/h11-38,41H,39-40H2,1-10H3,(H,59,60). The van der Waals surface area contributed by atoms with Gasteiger partial charge < -0.3 is 14.0 Å². The lowest BCUT2D eigenvalue weighted by Crippen LogP contribution is -2.68. The van der Waals surface area contributed by atoms with Crippen LogP contribution in [0, 0.1) is 0 Å². The molecule has 330 valence electrons. The molecule has 7 aromatic rings. The van der Waals surface area contributed by atoms with Crippen molar-refractivity contribution in [1.82, 2.24) is 9.55 Å². The molecule has 0 saturated heterocycles. The summed E-state index contributed by atoms with van der Waals surface area (Å²) in [6, 6.07) is 59.4. The molecule has 0 aliphatic rings. The van der Waals surface area contributed by atoms with Crippen molar-refractivity contribution >= 4 is 43.5 Å². The van der Waals surface area contributed by atoms with E-state index in [-0.39, 0.29) is 10.1 Å². The van der Waals surface area contributed by atoms with Crippen molar-refractivity contribution in [1.29, 1.82) is 0 Å². The van der Waals surface area contributed by atoms with Gasteiger partial charge in [0.25, 0.3) is 0 Å². The molecule has 0 aliphatic heterocycles. The molecule has 0 amide bonds. The summed E-state index contributed by atoms with van der Waals surface area (Å²) in [5.41, 5.74) is 1.85. The summed E-state index contributed by atoms with van der Waals surface area (Å²) in [5.74, 6) is 2.16. The number of benzene rings is 6. The highest BCUT2D eigenvalue weighted by atomic mass is 28.4. The molecule has 8 heteroatoms. The van der Waals surface area contributed by atoms with Crippen LogP contribution in [-0.4, -0.2) is 37.4 Å². The lowest BCUT2D eigenvalue weighted by Gasteiger charge is -2.43. The van der Waals surface area contributed by atoms with Gasteiger partial charge in [-0.25, -0.2) is 14.3 Å². The van der Waals surface area contributed by atoms with Gasteiger partial charge in [0.05, 0.1) is 5.69 Å². The molecule has 0 saturated carbocycles. The van der Waals surface area contributed by atoms with Crippen LogP contribution >= 0.6 is 0 Å². The molecule has 1 N–H and O–H groups in total. The van der Waals surface area contributed by atoms with Gasteiger partial charge in [-0.3, -0.25) is 0 Å². The molecular weight excluding hydrogens is 821 g/mol. The summed E-state index contributed by atoms with van der Waals surface area (Å²) in [7, 11) is -5.59. The Morgan fingerprint density at radius 3 is 1.09 bits per heavy atom. The third kappa shape index (κ3) is 9.17. The molecule has 64 heavy (non-hydrogen) atoms. The van der Waals surface area contributed by atoms with E-state index in [4.69, 9.17) is 13.8 Å². The van der Waals surface area contributed by atoms with E-state index in [1.54, 1.807) is 6.20 Å². The van der Waals surface area contributed by atoms with Gasteiger partial charge in [-0.2, -0.15) is 0 Å². The molecule has 0 spiro atoms. The topological polar surface area (TPSA) is 73.6 Å². The van der Waals surface area contributed by atoms with Crippen molar-refractivity contribution in [3.8, 4) is 11.5 Å². The lowest BCUT2D eigenvalue weighted by atomic mass is 9.82. The van der Waals surface area contributed by atoms with E-state index in [2.05, 4.69) is 239 Å². The van der Waals surface area contributed by atoms with Crippen molar-refractivity contribution in [2.75, 3.05) is 0 Å². The zero-order chi connectivity index (χ0) is 46.0. The van der Waals surface area contributed by atoms with E-state index in [9.17, 15) is 9.90 Å². The van der Waals surface area contributed by atoms with Crippen LogP contribution in [0.3, 0.4) is 0 Å². The van der Waals surface area contributed by atoms with E-state index in [0.29, 0.717) is 18.7 Å². The molecule has 0 bridgehead atoms. The molecule has 0 unspecified atom stereocenters. The molecule has 0 atom stereocenters. The Hall–Kier alpha value is -5.97. The Kier molecular flexibility index (Phi) is 12.9. The second-order valence-corrected chi connectivity index (χ2v) is 29.0. The largest absolute Gasteiger partial charge is 0.534 e. The monoisotopic (exact) mass is 884 g/mol. The fourth-order valence-electron chi connectivity index (χ4n) is 9.52. The molecule has 6 aromatic carbocycles. The molecule has 6 nitrogen and oxygen atoms in total. The third-order valence-electron chi connectivity index (χ3n) is 12.7. The molecule has 0 radical (unpaired) electrons. The number of nitrogens with zero attached hydrogens (tertiary/aromatic N) is 2. The van der Waals surface area contributed by atoms with Crippen LogP contribution in [0.4, 0.5) is 4.79 Å². The summed E-state index contributed by atoms with van der Waals surface area (Å²) in [6.45, 7) is 22.1. The zero-order valence-corrected chi connectivity index (χ0v) is 41.2. The van der Waals surface area contributed by atoms with Crippen LogP contribution in [0.2, 0.25) is 10.1 Å². The van der Waals surface area contributed by atoms with E-state index >= 15 is 0 Å². The predicted molar refractivity (Wildman–Crippen MR) is 268 cm³/mol. The Morgan fingerprint density at radius 1 is 0.484 bits per heavy atom. The molecule has 1 heterocycles. The number of hydrogen-bond donors (Lipinski definition) is 1. The Balaban J connectivity index is 1.12. The van der Waals surface area contributed by atoms with E-state index in [1.165, 1.54) is 25.3 Å². The van der Waals surface area contributed by atoms with Crippen molar-refractivity contribution in [2.45, 2.75) is 103 Å². The molecule has 0 fully saturated rings. The van der Waals surface area contributed by atoms with Crippen LogP contribution < -0.4 is 29.6 Å². The van der Waals surface area contributed by atoms with Gasteiger partial charge >= 0.3 is 22.7 Å². The maximum atomic E-state index is 12.8. The maximum Gasteiger partial charge on any atom is 0.417 e. The van der Waals surface area contributed by atoms with E-state index in [1.807, 2.05) is 0 Å². The third-order valence-corrected chi connectivity index (χ3v) is 22.6. The molecule has 0 aliphatic carbocycles. The number of imidazole rings is 1. The Morgan fingerprint density at radius 2 is 0.797 bits per heavy atom. The van der Waals surface area contributed by atoms with Crippen molar-refractivity contribution < 1.29 is 18.8 Å². The first-order chi connectivity index (χ1) is 30.3. The summed E-state index contributed by atoms with van der Waals surface area (Å²) < 4.78 is 15.9. The van der Waals surface area contributed by atoms with Crippen LogP contribution in [-0.2, 0) is 23.7 Å². The van der Waals surface area contributed by atoms with Gasteiger partial charge in [-0.1, -0.05) is 215 Å². The van der Waals surface area contributed by atoms with Crippen LogP contribution in [0.15, 0.2) is 176 Å². The number of carbonyl (C=O) groups is 1. The molecule has 7 rings (SSSR count). The summed E-state index contributed by atoms with van der Waals surface area (Å²) in [6.07, 6.45) is 1.91. The number of rotatable bonds is 14. The van der Waals surface area contributed by atoms with Gasteiger partial charge in [0.2, 0.25) is 0 Å². The van der Waals surface area contributed by atoms with Gasteiger partial charge in [0, 0.05) is 17.0 Å². The number of aromatic nitrogens is 2. The van der Waals surface area contributed by atoms with Crippen molar-refractivity contribution in [2.24, 2.45) is 0 Å². The van der Waals surface area contributed by atoms with Crippen molar-refractivity contribution in [3.05, 3.63) is 199 Å². The quantitative estimate of drug-likeness (QED) is 0.110. The first-order valence-electron chi connectivity index (χ1n) is 22.4. The minimum absolute atomic E-state index is 0.158. The number of hydrogen-bond acceptors (Lipinski definition) is 4. The highest BCUT2D eigenvalue weighted by molar-refractivity contribution is 7.00. The van der Waals surface area contributed by atoms with Crippen LogP contribution in [0.1, 0.15) is 91.9 Å². The fourth-order valence-corrected chi connectivity index (χ4v) is 18.4. The van der Waals surface area contributed by atoms with Gasteiger partial charge in [0.1, 0.15) is 17.3 Å². The average molecular weight is 885 g/mol. The Bertz CT molecular complexity index is 2550. The maximum absolute atomic E-state index is 12.8. The Labute approximate surface area is 383 Å². The summed E-state index contributed by atoms with van der Waals surface area (Å²) in [5, 5.41) is 15.1. The molecular formula is C56H64N2O4Si2. The van der Waals surface area contributed by atoms with Crippen LogP contribution in [0.5, 0.6) is 11.5 Å². The first-order valence-corrected chi connectivity index (χ1v) is 26.2. The minimum atomic E-state index is -2.80. The van der Waals surface area contributed by atoms with Gasteiger partial charge in [0.15, 0.2) is 0 Å². The van der Waals surface area contributed by atoms with Crippen molar-refractivity contribution in [3.63, 3.8) is 0 Å². The lowest BCUT2D eigenvalue weighted by molar-refractivity contribution is 0.193. The second kappa shape index (κ2) is 17.9. The smallest absolute Gasteiger partial charge is 0.417 e. The normalized spacial score (nSPS) is 12.8. The predicted octanol–water partition coefficient (Wildman–Crippen LogP) is 11.3. The highest BCUT2D eigenvalue weighted by Crippen LogP contribution is 2.40. The SMILES string of the molecule is CC(C)(Cc1ccc(O[Si](c2ccccc2)(c2ccccc2)C(C)(C)C)cc1)c1cn(C(=O)O)c(C(C)(C)Cc2ccc(O[Si](c3ccccc3)(c3ccccc3)C(C)(C)C)cc2)n1. The first kappa shape index (κ1) is 46.0. The number of carboxylic acid groups (broad SMARTS) is 1. The van der Waals surface area contributed by atoms with Gasteiger partial charge in [-0.05, 0) is 79.1 Å². The highest BCUT2D eigenvalue weighted by Gasteiger charge is 2.53. The zero-order valence-electron chi connectivity index (χ0n) is 39.2. The van der Waals surface area contributed by atoms with E-state index in [0.717, 1.165) is 28.3 Å².